The molecular formula is C26H26N2O8S. The predicted molar refractivity (Wildman–Crippen MR) is 135 cm³/mol. The number of rotatable bonds is 9. The van der Waals surface area contributed by atoms with Crippen LogP contribution in [0.5, 0.6) is 5.75 Å². The van der Waals surface area contributed by atoms with Crippen molar-refractivity contribution in [3.63, 3.8) is 0 Å². The van der Waals surface area contributed by atoms with Crippen molar-refractivity contribution in [3.05, 3.63) is 89.0 Å². The number of hydrogen-bond acceptors (Lipinski definition) is 8. The minimum atomic E-state index is -3.79. The Balaban J connectivity index is 1.90. The minimum absolute atomic E-state index is 0.0452. The summed E-state index contributed by atoms with van der Waals surface area (Å²) in [4.78, 5) is 37.3. The fourth-order valence-corrected chi connectivity index (χ4v) is 4.69. The summed E-state index contributed by atoms with van der Waals surface area (Å²) >= 11 is 0. The van der Waals surface area contributed by atoms with Gasteiger partial charge in [0.05, 0.1) is 37.4 Å². The van der Waals surface area contributed by atoms with E-state index in [0.717, 1.165) is 4.31 Å². The van der Waals surface area contributed by atoms with Gasteiger partial charge in [0, 0.05) is 30.4 Å². The van der Waals surface area contributed by atoms with Crippen LogP contribution in [0.3, 0.4) is 0 Å². The molecule has 3 aromatic rings. The Hall–Kier alpha value is -4.22. The van der Waals surface area contributed by atoms with Gasteiger partial charge < -0.3 is 19.5 Å². The lowest BCUT2D eigenvalue weighted by molar-refractivity contribution is 0.0598. The van der Waals surface area contributed by atoms with E-state index < -0.39 is 27.9 Å². The second-order valence-electron chi connectivity index (χ2n) is 7.84. The second-order valence-corrected chi connectivity index (χ2v) is 9.88. The average molecular weight is 527 g/mol. The Morgan fingerprint density at radius 2 is 1.41 bits per heavy atom. The van der Waals surface area contributed by atoms with E-state index in [0.29, 0.717) is 11.3 Å². The Morgan fingerprint density at radius 1 is 0.811 bits per heavy atom. The number of benzene rings is 3. The monoisotopic (exact) mass is 526 g/mol. The Labute approximate surface area is 214 Å². The molecule has 11 heteroatoms. The van der Waals surface area contributed by atoms with Crippen LogP contribution >= 0.6 is 0 Å². The van der Waals surface area contributed by atoms with E-state index in [1.807, 2.05) is 0 Å². The number of carbonyl (C=O) groups excluding carboxylic acids is 3. The molecule has 0 aliphatic heterocycles. The smallest absolute Gasteiger partial charge is 0.337 e. The predicted octanol–water partition coefficient (Wildman–Crippen LogP) is 3.34. The summed E-state index contributed by atoms with van der Waals surface area (Å²) in [5.41, 5.74) is 0.905. The number of nitrogens with one attached hydrogen (secondary N) is 1. The molecule has 0 aliphatic rings. The van der Waals surface area contributed by atoms with E-state index in [4.69, 9.17) is 14.2 Å². The lowest BCUT2D eigenvalue weighted by Crippen LogP contribution is -2.27. The molecule has 1 N–H and O–H groups in total. The summed E-state index contributed by atoms with van der Waals surface area (Å²) in [6, 6.07) is 16.6. The SMILES string of the molecule is COC(=O)c1cc(NC(=O)c2ccc(OC)c(CN(C)S(=O)(=O)c3ccccc3)c2)cc(C(=O)OC)c1. The van der Waals surface area contributed by atoms with Crippen LogP contribution in [0.4, 0.5) is 5.69 Å². The van der Waals surface area contributed by atoms with E-state index >= 15 is 0 Å². The molecule has 1 amide bonds. The van der Waals surface area contributed by atoms with Crippen molar-refractivity contribution in [1.82, 2.24) is 4.31 Å². The molecule has 37 heavy (non-hydrogen) atoms. The minimum Gasteiger partial charge on any atom is -0.496 e. The number of esters is 2. The Bertz CT molecular complexity index is 1390. The first-order valence-corrected chi connectivity index (χ1v) is 12.4. The normalized spacial score (nSPS) is 11.1. The Morgan fingerprint density at radius 3 is 1.95 bits per heavy atom. The van der Waals surface area contributed by atoms with Crippen LogP contribution < -0.4 is 10.1 Å². The molecule has 0 saturated carbocycles. The lowest BCUT2D eigenvalue weighted by atomic mass is 10.1. The van der Waals surface area contributed by atoms with Crippen molar-refractivity contribution < 1.29 is 37.0 Å². The number of nitrogens with zero attached hydrogens (tertiary/aromatic N) is 1. The van der Waals surface area contributed by atoms with Crippen molar-refractivity contribution in [2.75, 3.05) is 33.7 Å². The average Bonchev–Trinajstić information content (AvgIpc) is 2.92. The van der Waals surface area contributed by atoms with E-state index in [-0.39, 0.29) is 33.8 Å². The highest BCUT2D eigenvalue weighted by Crippen LogP contribution is 2.25. The molecule has 0 heterocycles. The van der Waals surface area contributed by atoms with Crippen LogP contribution in [0, 0.1) is 0 Å². The second kappa shape index (κ2) is 11.7. The maximum atomic E-state index is 13.1. The third kappa shape index (κ3) is 6.32. The maximum Gasteiger partial charge on any atom is 0.337 e. The van der Waals surface area contributed by atoms with Gasteiger partial charge in [0.1, 0.15) is 5.75 Å². The molecule has 0 spiro atoms. The molecule has 10 nitrogen and oxygen atoms in total. The molecule has 0 fully saturated rings. The number of ether oxygens (including phenoxy) is 3. The molecule has 194 valence electrons. The van der Waals surface area contributed by atoms with Gasteiger partial charge in [-0.1, -0.05) is 18.2 Å². The van der Waals surface area contributed by atoms with E-state index in [1.165, 1.54) is 70.8 Å². The summed E-state index contributed by atoms with van der Waals surface area (Å²) in [6.45, 7) is -0.0637. The fourth-order valence-electron chi connectivity index (χ4n) is 3.52. The van der Waals surface area contributed by atoms with Gasteiger partial charge in [0.25, 0.3) is 5.91 Å². The molecular weight excluding hydrogens is 500 g/mol. The largest absolute Gasteiger partial charge is 0.496 e. The van der Waals surface area contributed by atoms with Crippen LogP contribution in [0.15, 0.2) is 71.6 Å². The topological polar surface area (TPSA) is 128 Å². The molecule has 0 radical (unpaired) electrons. The summed E-state index contributed by atoms with van der Waals surface area (Å²) in [5, 5.41) is 2.64. The van der Waals surface area contributed by atoms with Crippen molar-refractivity contribution in [2.24, 2.45) is 0 Å². The molecule has 0 bridgehead atoms. The molecule has 0 atom stereocenters. The number of carbonyl (C=O) groups is 3. The zero-order valence-corrected chi connectivity index (χ0v) is 21.5. The van der Waals surface area contributed by atoms with Gasteiger partial charge >= 0.3 is 11.9 Å². The van der Waals surface area contributed by atoms with Gasteiger partial charge in [-0.2, -0.15) is 4.31 Å². The lowest BCUT2D eigenvalue weighted by Gasteiger charge is -2.19. The van der Waals surface area contributed by atoms with Gasteiger partial charge in [-0.25, -0.2) is 18.0 Å². The van der Waals surface area contributed by atoms with Crippen LogP contribution in [0.2, 0.25) is 0 Å². The van der Waals surface area contributed by atoms with Gasteiger partial charge in [-0.15, -0.1) is 0 Å². The standard InChI is InChI=1S/C26H26N2O8S/c1-28(37(32,33)22-8-6-5-7-9-22)16-20-12-17(10-11-23(20)34-2)24(29)27-21-14-18(25(30)35-3)13-19(15-21)26(31)36-4/h5-15H,16H2,1-4H3,(H,27,29). The number of methoxy groups -OCH3 is 3. The fraction of sp³-hybridized carbons (Fsp3) is 0.192. The van der Waals surface area contributed by atoms with E-state index in [2.05, 4.69) is 5.32 Å². The van der Waals surface area contributed by atoms with Gasteiger partial charge in [-0.05, 0) is 48.5 Å². The highest BCUT2D eigenvalue weighted by molar-refractivity contribution is 7.89. The molecule has 3 aromatic carbocycles. The number of anilines is 1. The molecule has 0 aromatic heterocycles. The number of sulfonamides is 1. The summed E-state index contributed by atoms with van der Waals surface area (Å²) in [5.74, 6) is -1.56. The Kier molecular flexibility index (Phi) is 8.64. The molecule has 0 aliphatic carbocycles. The van der Waals surface area contributed by atoms with E-state index in [1.54, 1.807) is 24.3 Å². The van der Waals surface area contributed by atoms with Crippen molar-refractivity contribution >= 4 is 33.6 Å². The summed E-state index contributed by atoms with van der Waals surface area (Å²) in [6.07, 6.45) is 0. The highest BCUT2D eigenvalue weighted by Gasteiger charge is 2.23. The third-order valence-electron chi connectivity index (χ3n) is 5.42. The first-order valence-electron chi connectivity index (χ1n) is 10.9. The van der Waals surface area contributed by atoms with Crippen molar-refractivity contribution in [2.45, 2.75) is 11.4 Å². The highest BCUT2D eigenvalue weighted by atomic mass is 32.2. The zero-order chi connectivity index (χ0) is 27.2. The maximum absolute atomic E-state index is 13.1. The molecule has 0 saturated heterocycles. The zero-order valence-electron chi connectivity index (χ0n) is 20.7. The summed E-state index contributed by atoms with van der Waals surface area (Å²) in [7, 11) is 1.48. The van der Waals surface area contributed by atoms with Crippen LogP contribution in [0.1, 0.15) is 36.6 Å². The van der Waals surface area contributed by atoms with Gasteiger partial charge in [0.15, 0.2) is 0 Å². The van der Waals surface area contributed by atoms with Gasteiger partial charge in [0.2, 0.25) is 10.0 Å². The van der Waals surface area contributed by atoms with E-state index in [9.17, 15) is 22.8 Å². The molecule has 3 rings (SSSR count). The first-order chi connectivity index (χ1) is 17.6. The first kappa shape index (κ1) is 27.4. The van der Waals surface area contributed by atoms with Crippen molar-refractivity contribution in [3.8, 4) is 5.75 Å². The quantitative estimate of drug-likeness (QED) is 0.421. The summed E-state index contributed by atoms with van der Waals surface area (Å²) < 4.78 is 41.9. The van der Waals surface area contributed by atoms with Crippen LogP contribution in [-0.2, 0) is 26.0 Å². The number of hydrogen-bond donors (Lipinski definition) is 1. The van der Waals surface area contributed by atoms with Crippen LogP contribution in [-0.4, -0.2) is 58.9 Å². The van der Waals surface area contributed by atoms with Gasteiger partial charge in [-0.3, -0.25) is 4.79 Å². The molecule has 0 unspecified atom stereocenters. The van der Waals surface area contributed by atoms with Crippen LogP contribution in [0.25, 0.3) is 0 Å². The number of amides is 1. The van der Waals surface area contributed by atoms with Crippen molar-refractivity contribution in [1.29, 1.82) is 0 Å². The third-order valence-corrected chi connectivity index (χ3v) is 7.24.